The molecule has 21 heavy (non-hydrogen) atoms. The molecule has 2 N–H and O–H groups in total. The number of halogens is 2. The van der Waals surface area contributed by atoms with Gasteiger partial charge in [-0.2, -0.15) is 0 Å². The SMILES string of the molecule is CNCC1(CNC)c2c(Cl)cccc2-c2cccc(Cl)c21. The molecular formula is C17H18Cl2N2. The van der Waals surface area contributed by atoms with Crippen molar-refractivity contribution in [2.75, 3.05) is 27.2 Å². The van der Waals surface area contributed by atoms with Crippen LogP contribution >= 0.6 is 23.2 Å². The molecule has 1 aliphatic rings. The lowest BCUT2D eigenvalue weighted by molar-refractivity contribution is 0.473. The average molecular weight is 321 g/mol. The predicted octanol–water partition coefficient (Wildman–Crippen LogP) is 3.70. The third-order valence-electron chi connectivity index (χ3n) is 4.23. The van der Waals surface area contributed by atoms with Crippen LogP contribution in [0.3, 0.4) is 0 Å². The summed E-state index contributed by atoms with van der Waals surface area (Å²) in [5.41, 5.74) is 4.46. The number of benzene rings is 2. The van der Waals surface area contributed by atoms with Crippen LogP contribution in [0.2, 0.25) is 10.0 Å². The molecule has 2 nitrogen and oxygen atoms in total. The lowest BCUT2D eigenvalue weighted by atomic mass is 9.77. The first kappa shape index (κ1) is 14.9. The van der Waals surface area contributed by atoms with Gasteiger partial charge in [-0.25, -0.2) is 0 Å². The van der Waals surface area contributed by atoms with Crippen molar-refractivity contribution in [2.45, 2.75) is 5.41 Å². The van der Waals surface area contributed by atoms with Gasteiger partial charge in [-0.15, -0.1) is 0 Å². The molecule has 0 spiro atoms. The van der Waals surface area contributed by atoms with E-state index in [2.05, 4.69) is 22.8 Å². The highest BCUT2D eigenvalue weighted by Gasteiger charge is 2.45. The number of nitrogens with one attached hydrogen (secondary N) is 2. The van der Waals surface area contributed by atoms with E-state index in [9.17, 15) is 0 Å². The van der Waals surface area contributed by atoms with Crippen molar-refractivity contribution in [1.82, 2.24) is 10.6 Å². The molecular weight excluding hydrogens is 303 g/mol. The Labute approximate surface area is 135 Å². The molecule has 0 saturated carbocycles. The van der Waals surface area contributed by atoms with E-state index in [1.54, 1.807) is 0 Å². The number of likely N-dealkylation sites (N-methyl/N-ethyl adjacent to an activating group) is 2. The van der Waals surface area contributed by atoms with Gasteiger partial charge in [0.05, 0.1) is 0 Å². The minimum absolute atomic E-state index is 0.245. The van der Waals surface area contributed by atoms with E-state index in [4.69, 9.17) is 23.2 Å². The lowest BCUT2D eigenvalue weighted by Crippen LogP contribution is -2.44. The van der Waals surface area contributed by atoms with Gasteiger partial charge in [0.15, 0.2) is 0 Å². The molecule has 0 unspecified atom stereocenters. The van der Waals surface area contributed by atoms with E-state index >= 15 is 0 Å². The van der Waals surface area contributed by atoms with E-state index in [0.717, 1.165) is 23.1 Å². The highest BCUT2D eigenvalue weighted by Crippen LogP contribution is 2.53. The lowest BCUT2D eigenvalue weighted by Gasteiger charge is -2.33. The Hall–Kier alpha value is -1.06. The number of hydrogen-bond acceptors (Lipinski definition) is 2. The summed E-state index contributed by atoms with van der Waals surface area (Å²) in [4.78, 5) is 0. The van der Waals surface area contributed by atoms with Gasteiger partial charge in [0.25, 0.3) is 0 Å². The van der Waals surface area contributed by atoms with Crippen molar-refractivity contribution in [2.24, 2.45) is 0 Å². The second-order valence-corrected chi connectivity index (χ2v) is 6.28. The molecule has 2 aromatic carbocycles. The molecule has 0 bridgehead atoms. The van der Waals surface area contributed by atoms with E-state index in [1.807, 2.05) is 38.4 Å². The van der Waals surface area contributed by atoms with Gasteiger partial charge >= 0.3 is 0 Å². The van der Waals surface area contributed by atoms with Gasteiger partial charge < -0.3 is 10.6 Å². The van der Waals surface area contributed by atoms with Gasteiger partial charge in [-0.05, 0) is 48.5 Å². The molecule has 0 fully saturated rings. The summed E-state index contributed by atoms with van der Waals surface area (Å²) in [5.74, 6) is 0. The van der Waals surface area contributed by atoms with Gasteiger partial charge in [-0.1, -0.05) is 47.5 Å². The van der Waals surface area contributed by atoms with E-state index in [1.165, 1.54) is 22.3 Å². The third-order valence-corrected chi connectivity index (χ3v) is 4.86. The first-order valence-corrected chi connectivity index (χ1v) is 7.79. The molecule has 4 heteroatoms. The van der Waals surface area contributed by atoms with Crippen molar-refractivity contribution in [3.63, 3.8) is 0 Å². The molecule has 0 radical (unpaired) electrons. The second-order valence-electron chi connectivity index (χ2n) is 5.47. The van der Waals surface area contributed by atoms with Crippen molar-refractivity contribution >= 4 is 23.2 Å². The topological polar surface area (TPSA) is 24.1 Å². The van der Waals surface area contributed by atoms with Crippen molar-refractivity contribution in [3.8, 4) is 11.1 Å². The average Bonchev–Trinajstić information content (AvgIpc) is 2.73. The monoisotopic (exact) mass is 320 g/mol. The maximum absolute atomic E-state index is 6.57. The van der Waals surface area contributed by atoms with Crippen LogP contribution in [0.4, 0.5) is 0 Å². The molecule has 110 valence electrons. The number of hydrogen-bond donors (Lipinski definition) is 2. The van der Waals surface area contributed by atoms with E-state index in [0.29, 0.717) is 0 Å². The van der Waals surface area contributed by atoms with Crippen LogP contribution in [0.5, 0.6) is 0 Å². The smallest absolute Gasteiger partial charge is 0.0492 e. The maximum Gasteiger partial charge on any atom is 0.0492 e. The maximum atomic E-state index is 6.57. The van der Waals surface area contributed by atoms with E-state index < -0.39 is 0 Å². The van der Waals surface area contributed by atoms with Crippen molar-refractivity contribution in [1.29, 1.82) is 0 Å². The minimum atomic E-state index is -0.245. The van der Waals surface area contributed by atoms with Crippen molar-refractivity contribution in [3.05, 3.63) is 57.6 Å². The first-order chi connectivity index (χ1) is 10.2. The fourth-order valence-electron chi connectivity index (χ4n) is 3.61. The summed E-state index contributed by atoms with van der Waals surface area (Å²) in [6.07, 6.45) is 0. The predicted molar refractivity (Wildman–Crippen MR) is 90.5 cm³/mol. The molecule has 2 aromatic rings. The zero-order chi connectivity index (χ0) is 15.0. The van der Waals surface area contributed by atoms with Gasteiger partial charge in [0.1, 0.15) is 0 Å². The molecule has 0 atom stereocenters. The Morgan fingerprint density at radius 1 is 0.810 bits per heavy atom. The fourth-order valence-corrected chi connectivity index (χ4v) is 4.33. The summed E-state index contributed by atoms with van der Waals surface area (Å²) in [6, 6.07) is 12.2. The minimum Gasteiger partial charge on any atom is -0.318 e. The zero-order valence-electron chi connectivity index (χ0n) is 12.1. The molecule has 0 amide bonds. The van der Waals surface area contributed by atoms with Gasteiger partial charge in [0, 0.05) is 28.5 Å². The summed E-state index contributed by atoms with van der Waals surface area (Å²) in [7, 11) is 3.92. The molecule has 3 rings (SSSR count). The first-order valence-electron chi connectivity index (χ1n) is 7.03. The van der Waals surface area contributed by atoms with Crippen LogP contribution in [0.25, 0.3) is 11.1 Å². The quantitative estimate of drug-likeness (QED) is 0.897. The van der Waals surface area contributed by atoms with Gasteiger partial charge in [-0.3, -0.25) is 0 Å². The van der Waals surface area contributed by atoms with Crippen LogP contribution in [-0.2, 0) is 5.41 Å². The standard InChI is InChI=1S/C17H18Cl2N2/c1-20-9-17(10-21-2)15-11(5-3-7-13(15)18)12-6-4-8-14(19)16(12)17/h3-8,20-21H,9-10H2,1-2H3. The van der Waals surface area contributed by atoms with Crippen molar-refractivity contribution < 1.29 is 0 Å². The Kier molecular flexibility index (Phi) is 3.98. The number of fused-ring (bicyclic) bond motifs is 3. The molecule has 1 aliphatic carbocycles. The highest BCUT2D eigenvalue weighted by atomic mass is 35.5. The Bertz CT molecular complexity index is 623. The largest absolute Gasteiger partial charge is 0.318 e. The summed E-state index contributed by atoms with van der Waals surface area (Å²) in [5, 5.41) is 8.22. The van der Waals surface area contributed by atoms with Crippen LogP contribution < -0.4 is 10.6 Å². The van der Waals surface area contributed by atoms with Crippen LogP contribution in [-0.4, -0.2) is 27.2 Å². The zero-order valence-corrected chi connectivity index (χ0v) is 13.6. The Morgan fingerprint density at radius 3 is 1.62 bits per heavy atom. The van der Waals surface area contributed by atoms with Crippen LogP contribution in [0.15, 0.2) is 36.4 Å². The van der Waals surface area contributed by atoms with Crippen LogP contribution in [0, 0.1) is 0 Å². The van der Waals surface area contributed by atoms with E-state index in [-0.39, 0.29) is 5.41 Å². The Morgan fingerprint density at radius 2 is 1.24 bits per heavy atom. The molecule has 0 saturated heterocycles. The summed E-state index contributed by atoms with van der Waals surface area (Å²) >= 11 is 13.1. The normalized spacial score (nSPS) is 14.9. The fraction of sp³-hybridized carbons (Fsp3) is 0.294. The number of rotatable bonds is 4. The van der Waals surface area contributed by atoms with Gasteiger partial charge in [0.2, 0.25) is 0 Å². The summed E-state index contributed by atoms with van der Waals surface area (Å²) in [6.45, 7) is 1.56. The molecule has 0 aromatic heterocycles. The second kappa shape index (κ2) is 5.62. The molecule has 0 aliphatic heterocycles. The third kappa shape index (κ3) is 2.09. The highest BCUT2D eigenvalue weighted by molar-refractivity contribution is 6.34. The summed E-state index contributed by atoms with van der Waals surface area (Å²) < 4.78 is 0. The Balaban J connectivity index is 2.39. The van der Waals surface area contributed by atoms with Crippen LogP contribution in [0.1, 0.15) is 11.1 Å². The molecule has 0 heterocycles.